The summed E-state index contributed by atoms with van der Waals surface area (Å²) in [5.41, 5.74) is 2.58. The molecule has 112 valence electrons. The van der Waals surface area contributed by atoms with Crippen molar-refractivity contribution in [3.63, 3.8) is 0 Å². The lowest BCUT2D eigenvalue weighted by Crippen LogP contribution is -2.30. The molecule has 0 bridgehead atoms. The molecule has 1 atom stereocenters. The largest absolute Gasteiger partial charge is 0.377 e. The molecule has 0 radical (unpaired) electrons. The molecule has 1 fully saturated rings. The van der Waals surface area contributed by atoms with Crippen LogP contribution < -0.4 is 0 Å². The van der Waals surface area contributed by atoms with Crippen LogP contribution in [0.3, 0.4) is 0 Å². The van der Waals surface area contributed by atoms with Gasteiger partial charge in [-0.25, -0.2) is 4.98 Å². The fourth-order valence-corrected chi connectivity index (χ4v) is 2.86. The van der Waals surface area contributed by atoms with E-state index in [-0.39, 0.29) is 0 Å². The number of rotatable bonds is 4. The number of imidazole rings is 1. The van der Waals surface area contributed by atoms with Crippen molar-refractivity contribution in [2.45, 2.75) is 32.5 Å². The molecule has 4 heteroatoms. The predicted octanol–water partition coefficient (Wildman–Crippen LogP) is 2.54. The van der Waals surface area contributed by atoms with Gasteiger partial charge < -0.3 is 9.30 Å². The lowest BCUT2D eigenvalue weighted by atomic mass is 10.2. The molecule has 1 aliphatic rings. The Morgan fingerprint density at radius 3 is 2.95 bits per heavy atom. The lowest BCUT2D eigenvalue weighted by Gasteiger charge is -2.22. The Balaban J connectivity index is 1.67. The van der Waals surface area contributed by atoms with Gasteiger partial charge in [-0.05, 0) is 18.9 Å². The molecule has 0 unspecified atom stereocenters. The smallest absolute Gasteiger partial charge is 0.0951 e. The maximum atomic E-state index is 5.71. The fraction of sp³-hybridized carbons (Fsp3) is 0.471. The number of benzene rings is 1. The normalized spacial score (nSPS) is 20.3. The molecule has 1 aromatic carbocycles. The van der Waals surface area contributed by atoms with E-state index in [4.69, 9.17) is 4.74 Å². The highest BCUT2D eigenvalue weighted by atomic mass is 16.5. The average Bonchev–Trinajstić information content (AvgIpc) is 2.80. The Bertz CT molecular complexity index is 552. The summed E-state index contributed by atoms with van der Waals surface area (Å²) < 4.78 is 7.96. The summed E-state index contributed by atoms with van der Waals surface area (Å²) in [6.45, 7) is 6.95. The van der Waals surface area contributed by atoms with Gasteiger partial charge in [0.25, 0.3) is 0 Å². The first-order chi connectivity index (χ1) is 10.3. The van der Waals surface area contributed by atoms with Crippen LogP contribution in [0.15, 0.2) is 42.9 Å². The first-order valence-electron chi connectivity index (χ1n) is 7.68. The summed E-state index contributed by atoms with van der Waals surface area (Å²) in [6, 6.07) is 10.5. The summed E-state index contributed by atoms with van der Waals surface area (Å²) in [6.07, 6.45) is 5.34. The SMILES string of the molecule is C[C@H]1CN(Cc2cncn2Cc2ccccc2)CCCO1. The van der Waals surface area contributed by atoms with Gasteiger partial charge in [0.1, 0.15) is 0 Å². The van der Waals surface area contributed by atoms with Gasteiger partial charge in [0.05, 0.1) is 18.1 Å². The minimum Gasteiger partial charge on any atom is -0.377 e. The van der Waals surface area contributed by atoms with Gasteiger partial charge in [0, 0.05) is 39.0 Å². The van der Waals surface area contributed by atoms with Crippen molar-refractivity contribution < 1.29 is 4.74 Å². The van der Waals surface area contributed by atoms with Crippen molar-refractivity contribution >= 4 is 0 Å². The Kier molecular flexibility index (Phi) is 4.68. The average molecular weight is 285 g/mol. The second-order valence-corrected chi connectivity index (χ2v) is 5.77. The second-order valence-electron chi connectivity index (χ2n) is 5.77. The van der Waals surface area contributed by atoms with Crippen molar-refractivity contribution in [3.8, 4) is 0 Å². The first-order valence-corrected chi connectivity index (χ1v) is 7.68. The molecule has 0 amide bonds. The molecule has 0 aliphatic carbocycles. The monoisotopic (exact) mass is 285 g/mol. The van der Waals surface area contributed by atoms with Gasteiger partial charge in [-0.2, -0.15) is 0 Å². The van der Waals surface area contributed by atoms with E-state index in [1.54, 1.807) is 0 Å². The number of aromatic nitrogens is 2. The zero-order chi connectivity index (χ0) is 14.5. The van der Waals surface area contributed by atoms with Crippen LogP contribution in [0.25, 0.3) is 0 Å². The molecular weight excluding hydrogens is 262 g/mol. The zero-order valence-corrected chi connectivity index (χ0v) is 12.6. The Morgan fingerprint density at radius 1 is 1.24 bits per heavy atom. The maximum absolute atomic E-state index is 5.71. The number of ether oxygens (including phenoxy) is 1. The zero-order valence-electron chi connectivity index (χ0n) is 12.6. The van der Waals surface area contributed by atoms with Crippen LogP contribution in [-0.4, -0.2) is 40.3 Å². The van der Waals surface area contributed by atoms with Crippen molar-refractivity contribution in [2.24, 2.45) is 0 Å². The van der Waals surface area contributed by atoms with Crippen molar-refractivity contribution in [1.29, 1.82) is 0 Å². The summed E-state index contributed by atoms with van der Waals surface area (Å²) >= 11 is 0. The molecule has 3 rings (SSSR count). The van der Waals surface area contributed by atoms with Gasteiger partial charge in [0.2, 0.25) is 0 Å². The molecule has 1 saturated heterocycles. The van der Waals surface area contributed by atoms with E-state index in [0.717, 1.165) is 39.2 Å². The minimum atomic E-state index is 0.318. The van der Waals surface area contributed by atoms with Gasteiger partial charge in [-0.3, -0.25) is 4.90 Å². The molecule has 2 aromatic rings. The van der Waals surface area contributed by atoms with Gasteiger partial charge in [-0.1, -0.05) is 30.3 Å². The third-order valence-corrected chi connectivity index (χ3v) is 3.92. The third-order valence-electron chi connectivity index (χ3n) is 3.92. The number of nitrogens with zero attached hydrogens (tertiary/aromatic N) is 3. The van der Waals surface area contributed by atoms with E-state index in [9.17, 15) is 0 Å². The molecule has 0 saturated carbocycles. The van der Waals surface area contributed by atoms with E-state index in [1.165, 1.54) is 11.3 Å². The minimum absolute atomic E-state index is 0.318. The molecule has 4 nitrogen and oxygen atoms in total. The quantitative estimate of drug-likeness (QED) is 0.865. The van der Waals surface area contributed by atoms with Crippen LogP contribution in [0.4, 0.5) is 0 Å². The third kappa shape index (κ3) is 3.93. The molecule has 0 spiro atoms. The summed E-state index contributed by atoms with van der Waals surface area (Å²) in [4.78, 5) is 6.80. The van der Waals surface area contributed by atoms with E-state index >= 15 is 0 Å². The van der Waals surface area contributed by atoms with E-state index in [1.807, 2.05) is 12.5 Å². The standard InChI is InChI=1S/C17H23N3O/c1-15-11-19(8-5-9-21-15)13-17-10-18-14-20(17)12-16-6-3-2-4-7-16/h2-4,6-7,10,14-15H,5,8-9,11-13H2,1H3/t15-/m0/s1. The number of hydrogen-bond acceptors (Lipinski definition) is 3. The van der Waals surface area contributed by atoms with Crippen molar-refractivity contribution in [3.05, 3.63) is 54.1 Å². The molecule has 1 aliphatic heterocycles. The summed E-state index contributed by atoms with van der Waals surface area (Å²) in [7, 11) is 0. The first kappa shape index (κ1) is 14.3. The molecule has 1 aromatic heterocycles. The number of hydrogen-bond donors (Lipinski definition) is 0. The van der Waals surface area contributed by atoms with E-state index in [0.29, 0.717) is 6.10 Å². The summed E-state index contributed by atoms with van der Waals surface area (Å²) in [5.74, 6) is 0. The van der Waals surface area contributed by atoms with Crippen molar-refractivity contribution in [2.75, 3.05) is 19.7 Å². The van der Waals surface area contributed by atoms with Gasteiger partial charge in [0.15, 0.2) is 0 Å². The van der Waals surface area contributed by atoms with Crippen LogP contribution in [0, 0.1) is 0 Å². The fourth-order valence-electron chi connectivity index (χ4n) is 2.86. The molecule has 0 N–H and O–H groups in total. The highest BCUT2D eigenvalue weighted by Crippen LogP contribution is 2.12. The van der Waals surface area contributed by atoms with Crippen molar-refractivity contribution in [1.82, 2.24) is 14.5 Å². The maximum Gasteiger partial charge on any atom is 0.0951 e. The van der Waals surface area contributed by atoms with Gasteiger partial charge >= 0.3 is 0 Å². The topological polar surface area (TPSA) is 30.3 Å². The molecule has 2 heterocycles. The lowest BCUT2D eigenvalue weighted by molar-refractivity contribution is 0.0665. The Hall–Kier alpha value is -1.65. The summed E-state index contributed by atoms with van der Waals surface area (Å²) in [5, 5.41) is 0. The van der Waals surface area contributed by atoms with E-state index < -0.39 is 0 Å². The molecular formula is C17H23N3O. The second kappa shape index (κ2) is 6.87. The van der Waals surface area contributed by atoms with Crippen LogP contribution in [0.5, 0.6) is 0 Å². The van der Waals surface area contributed by atoms with Crippen LogP contribution in [-0.2, 0) is 17.8 Å². The van der Waals surface area contributed by atoms with Crippen LogP contribution in [0.1, 0.15) is 24.6 Å². The van der Waals surface area contributed by atoms with Crippen LogP contribution >= 0.6 is 0 Å². The van der Waals surface area contributed by atoms with E-state index in [2.05, 4.69) is 51.7 Å². The highest BCUT2D eigenvalue weighted by Gasteiger charge is 2.16. The highest BCUT2D eigenvalue weighted by molar-refractivity contribution is 5.16. The van der Waals surface area contributed by atoms with Crippen LogP contribution in [0.2, 0.25) is 0 Å². The molecule has 21 heavy (non-hydrogen) atoms. The van der Waals surface area contributed by atoms with Gasteiger partial charge in [-0.15, -0.1) is 0 Å². The Morgan fingerprint density at radius 2 is 2.10 bits per heavy atom. The predicted molar refractivity (Wildman–Crippen MR) is 83.1 cm³/mol. The Labute approximate surface area is 126 Å².